The summed E-state index contributed by atoms with van der Waals surface area (Å²) in [6.45, 7) is -0.105. The molecule has 0 fully saturated rings. The molecule has 0 amide bonds. The number of nitrogens with one attached hydrogen (secondary N) is 1. The molecule has 0 aromatic heterocycles. The molecule has 3 N–H and O–H groups in total. The summed E-state index contributed by atoms with van der Waals surface area (Å²) < 4.78 is 5.12. The Morgan fingerprint density at radius 2 is 2.19 bits per heavy atom. The predicted octanol–water partition coefficient (Wildman–Crippen LogP) is 0.230. The van der Waals surface area contributed by atoms with Gasteiger partial charge in [-0.2, -0.15) is 0 Å². The van der Waals surface area contributed by atoms with Crippen LogP contribution >= 0.6 is 0 Å². The first-order valence-corrected chi connectivity index (χ1v) is 4.88. The van der Waals surface area contributed by atoms with Gasteiger partial charge >= 0.3 is 5.97 Å². The number of ether oxygens (including phenoxy) is 1. The highest BCUT2D eigenvalue weighted by Crippen LogP contribution is 2.16. The summed E-state index contributed by atoms with van der Waals surface area (Å²) in [6.07, 6.45) is 0. The van der Waals surface area contributed by atoms with Gasteiger partial charge in [-0.15, -0.1) is 0 Å². The van der Waals surface area contributed by atoms with Gasteiger partial charge in [-0.1, -0.05) is 18.2 Å². The van der Waals surface area contributed by atoms with Gasteiger partial charge in [0, 0.05) is 12.1 Å². The maximum Gasteiger partial charge on any atom is 0.323 e. The summed E-state index contributed by atoms with van der Waals surface area (Å²) in [5, 5.41) is 20.3. The SMILES string of the molecule is COc1ccccc1CNC(CO)C(=O)O. The Hall–Kier alpha value is -1.59. The highest BCUT2D eigenvalue weighted by Gasteiger charge is 2.15. The first kappa shape index (κ1) is 12.5. The number of rotatable bonds is 6. The van der Waals surface area contributed by atoms with Crippen molar-refractivity contribution in [2.45, 2.75) is 12.6 Å². The fourth-order valence-corrected chi connectivity index (χ4v) is 1.31. The van der Waals surface area contributed by atoms with Crippen molar-refractivity contribution in [2.75, 3.05) is 13.7 Å². The van der Waals surface area contributed by atoms with Crippen LogP contribution in [-0.4, -0.2) is 35.9 Å². The van der Waals surface area contributed by atoms with Crippen LogP contribution in [0.1, 0.15) is 5.56 Å². The van der Waals surface area contributed by atoms with Crippen LogP contribution in [0.2, 0.25) is 0 Å². The second kappa shape index (κ2) is 6.09. The van der Waals surface area contributed by atoms with Crippen LogP contribution in [0.4, 0.5) is 0 Å². The summed E-state index contributed by atoms with van der Waals surface area (Å²) in [6, 6.07) is 6.36. The van der Waals surface area contributed by atoms with Gasteiger partial charge in [-0.3, -0.25) is 10.1 Å². The Balaban J connectivity index is 2.63. The van der Waals surface area contributed by atoms with E-state index in [1.54, 1.807) is 13.2 Å². The highest BCUT2D eigenvalue weighted by atomic mass is 16.5. The topological polar surface area (TPSA) is 78.8 Å². The van der Waals surface area contributed by atoms with E-state index in [1.807, 2.05) is 18.2 Å². The lowest BCUT2D eigenvalue weighted by molar-refractivity contribution is -0.140. The average Bonchev–Trinajstić information content (AvgIpc) is 2.30. The number of carboxylic acids is 1. The smallest absolute Gasteiger partial charge is 0.323 e. The number of para-hydroxylation sites is 1. The molecule has 0 heterocycles. The lowest BCUT2D eigenvalue weighted by Crippen LogP contribution is -2.39. The minimum Gasteiger partial charge on any atom is -0.496 e. The first-order chi connectivity index (χ1) is 7.69. The third kappa shape index (κ3) is 3.22. The molecule has 1 aromatic carbocycles. The number of aliphatic hydroxyl groups excluding tert-OH is 1. The van der Waals surface area contributed by atoms with E-state index in [1.165, 1.54) is 0 Å². The second-order valence-electron chi connectivity index (χ2n) is 3.27. The van der Waals surface area contributed by atoms with Crippen molar-refractivity contribution < 1.29 is 19.7 Å². The number of hydrogen-bond donors (Lipinski definition) is 3. The Morgan fingerprint density at radius 3 is 2.75 bits per heavy atom. The van der Waals surface area contributed by atoms with E-state index in [0.29, 0.717) is 12.3 Å². The Labute approximate surface area is 93.7 Å². The lowest BCUT2D eigenvalue weighted by Gasteiger charge is -2.13. The molecule has 5 heteroatoms. The second-order valence-corrected chi connectivity index (χ2v) is 3.27. The third-order valence-electron chi connectivity index (χ3n) is 2.21. The van der Waals surface area contributed by atoms with Crippen LogP contribution in [0.25, 0.3) is 0 Å². The van der Waals surface area contributed by atoms with Crippen LogP contribution in [0.3, 0.4) is 0 Å². The summed E-state index contributed by atoms with van der Waals surface area (Å²) in [5.41, 5.74) is 0.852. The summed E-state index contributed by atoms with van der Waals surface area (Å²) in [7, 11) is 1.56. The molecular formula is C11H15NO4. The molecular weight excluding hydrogens is 210 g/mol. The molecule has 1 rings (SSSR count). The van der Waals surface area contributed by atoms with Crippen LogP contribution in [0.15, 0.2) is 24.3 Å². The number of methoxy groups -OCH3 is 1. The highest BCUT2D eigenvalue weighted by molar-refractivity contribution is 5.73. The minimum absolute atomic E-state index is 0.335. The maximum absolute atomic E-state index is 10.7. The van der Waals surface area contributed by atoms with Crippen molar-refractivity contribution in [2.24, 2.45) is 0 Å². The van der Waals surface area contributed by atoms with E-state index in [-0.39, 0.29) is 0 Å². The van der Waals surface area contributed by atoms with Crippen molar-refractivity contribution in [3.63, 3.8) is 0 Å². The first-order valence-electron chi connectivity index (χ1n) is 4.88. The average molecular weight is 225 g/mol. The monoisotopic (exact) mass is 225 g/mol. The van der Waals surface area contributed by atoms with Crippen molar-refractivity contribution in [1.29, 1.82) is 0 Å². The summed E-state index contributed by atoms with van der Waals surface area (Å²) in [5.74, 6) is -0.380. The molecule has 0 saturated carbocycles. The number of carboxylic acid groups (broad SMARTS) is 1. The van der Waals surface area contributed by atoms with E-state index in [0.717, 1.165) is 5.56 Å². The molecule has 0 aliphatic heterocycles. The molecule has 16 heavy (non-hydrogen) atoms. The number of carbonyl (C=O) groups is 1. The van der Waals surface area contributed by atoms with Crippen LogP contribution in [0.5, 0.6) is 5.75 Å². The summed E-state index contributed by atoms with van der Waals surface area (Å²) >= 11 is 0. The normalized spacial score (nSPS) is 12.1. The minimum atomic E-state index is -1.07. The zero-order valence-electron chi connectivity index (χ0n) is 9.01. The number of aliphatic hydroxyl groups is 1. The molecule has 0 spiro atoms. The Kier molecular flexibility index (Phi) is 4.75. The van der Waals surface area contributed by atoms with Gasteiger partial charge in [-0.05, 0) is 6.07 Å². The molecule has 0 aliphatic rings. The van der Waals surface area contributed by atoms with E-state index >= 15 is 0 Å². The van der Waals surface area contributed by atoms with Crippen LogP contribution < -0.4 is 10.1 Å². The Bertz CT molecular complexity index is 354. The van der Waals surface area contributed by atoms with E-state index < -0.39 is 18.6 Å². The molecule has 5 nitrogen and oxygen atoms in total. The molecule has 0 aliphatic carbocycles. The number of benzene rings is 1. The predicted molar refractivity (Wildman–Crippen MR) is 58.3 cm³/mol. The Morgan fingerprint density at radius 1 is 1.50 bits per heavy atom. The number of hydrogen-bond acceptors (Lipinski definition) is 4. The van der Waals surface area contributed by atoms with Gasteiger partial charge in [0.25, 0.3) is 0 Å². The number of aliphatic carboxylic acids is 1. The zero-order valence-corrected chi connectivity index (χ0v) is 9.01. The molecule has 1 unspecified atom stereocenters. The molecule has 88 valence electrons. The van der Waals surface area contributed by atoms with Gasteiger partial charge < -0.3 is 14.9 Å². The van der Waals surface area contributed by atoms with Crippen LogP contribution in [0, 0.1) is 0 Å². The fourth-order valence-electron chi connectivity index (χ4n) is 1.31. The van der Waals surface area contributed by atoms with Crippen molar-refractivity contribution in [1.82, 2.24) is 5.32 Å². The van der Waals surface area contributed by atoms with Crippen molar-refractivity contribution in [3.8, 4) is 5.75 Å². The summed E-state index contributed by atoms with van der Waals surface area (Å²) in [4.78, 5) is 10.7. The van der Waals surface area contributed by atoms with Crippen molar-refractivity contribution in [3.05, 3.63) is 29.8 Å². The largest absolute Gasteiger partial charge is 0.496 e. The zero-order chi connectivity index (χ0) is 12.0. The van der Waals surface area contributed by atoms with Gasteiger partial charge in [0.2, 0.25) is 0 Å². The van der Waals surface area contributed by atoms with E-state index in [2.05, 4.69) is 5.32 Å². The standard InChI is InChI=1S/C11H15NO4/c1-16-10-5-3-2-4-8(10)6-12-9(7-13)11(14)15/h2-5,9,12-13H,6-7H2,1H3,(H,14,15). The van der Waals surface area contributed by atoms with Gasteiger partial charge in [0.05, 0.1) is 13.7 Å². The van der Waals surface area contributed by atoms with Crippen molar-refractivity contribution >= 4 is 5.97 Å². The molecule has 0 bridgehead atoms. The van der Waals surface area contributed by atoms with E-state index in [4.69, 9.17) is 14.9 Å². The fraction of sp³-hybridized carbons (Fsp3) is 0.364. The molecule has 1 atom stereocenters. The maximum atomic E-state index is 10.7. The lowest BCUT2D eigenvalue weighted by atomic mass is 10.2. The van der Waals surface area contributed by atoms with Gasteiger partial charge in [-0.25, -0.2) is 0 Å². The molecule has 0 radical (unpaired) electrons. The van der Waals surface area contributed by atoms with Crippen LogP contribution in [-0.2, 0) is 11.3 Å². The molecule has 1 aromatic rings. The third-order valence-corrected chi connectivity index (χ3v) is 2.21. The van der Waals surface area contributed by atoms with E-state index in [9.17, 15) is 4.79 Å². The van der Waals surface area contributed by atoms with Gasteiger partial charge in [0.1, 0.15) is 11.8 Å². The molecule has 0 saturated heterocycles. The quantitative estimate of drug-likeness (QED) is 0.646. The van der Waals surface area contributed by atoms with Gasteiger partial charge in [0.15, 0.2) is 0 Å².